The molecule has 0 atom stereocenters. The summed E-state index contributed by atoms with van der Waals surface area (Å²) in [5.41, 5.74) is 11.3. The Bertz CT molecular complexity index is 3110. The van der Waals surface area contributed by atoms with Gasteiger partial charge in [-0.05, 0) is 58.7 Å². The van der Waals surface area contributed by atoms with Crippen LogP contribution >= 0.6 is 11.3 Å². The molecule has 8 aromatic carbocycles. The quantitative estimate of drug-likeness (QED) is 0.181. The van der Waals surface area contributed by atoms with Crippen LogP contribution in [0.3, 0.4) is 0 Å². The third kappa shape index (κ3) is 4.45. The highest BCUT2D eigenvalue weighted by Gasteiger charge is 2.26. The number of nitrogens with zero attached hydrogens (tertiary/aromatic N) is 1. The van der Waals surface area contributed by atoms with Crippen molar-refractivity contribution in [1.29, 1.82) is 0 Å². The molecule has 0 aliphatic rings. The van der Waals surface area contributed by atoms with Gasteiger partial charge in [0.1, 0.15) is 22.3 Å². The van der Waals surface area contributed by atoms with Crippen LogP contribution in [0, 0.1) is 0 Å². The zero-order chi connectivity index (χ0) is 34.2. The molecule has 11 rings (SSSR count). The van der Waals surface area contributed by atoms with Crippen molar-refractivity contribution in [2.45, 2.75) is 0 Å². The number of para-hydroxylation sites is 2. The Kier molecular flexibility index (Phi) is 6.42. The van der Waals surface area contributed by atoms with E-state index in [1.54, 1.807) is 0 Å². The zero-order valence-electron chi connectivity index (χ0n) is 27.9. The lowest BCUT2D eigenvalue weighted by molar-refractivity contribution is 0.663. The van der Waals surface area contributed by atoms with Crippen molar-refractivity contribution in [2.75, 3.05) is 4.90 Å². The van der Waals surface area contributed by atoms with Crippen LogP contribution in [-0.4, -0.2) is 0 Å². The summed E-state index contributed by atoms with van der Waals surface area (Å²) in [4.78, 5) is 2.40. The highest BCUT2D eigenvalue weighted by atomic mass is 32.1. The van der Waals surface area contributed by atoms with Gasteiger partial charge in [0, 0.05) is 38.0 Å². The SMILES string of the molecule is c1ccc(-c2ccc(-c3ccc(N(c4cccc5c4sc4ccccc45)c4cc5oc6ccccc6c5c5oc6ccccc6c45)cc3)cc2)cc1. The molecule has 11 aromatic rings. The van der Waals surface area contributed by atoms with Crippen LogP contribution in [-0.2, 0) is 0 Å². The summed E-state index contributed by atoms with van der Waals surface area (Å²) in [6, 6.07) is 62.4. The molecule has 0 saturated heterocycles. The van der Waals surface area contributed by atoms with Crippen molar-refractivity contribution in [3.05, 3.63) is 176 Å². The van der Waals surface area contributed by atoms with E-state index < -0.39 is 0 Å². The predicted molar refractivity (Wildman–Crippen MR) is 219 cm³/mol. The molecule has 0 N–H and O–H groups in total. The van der Waals surface area contributed by atoms with E-state index in [1.165, 1.54) is 36.9 Å². The first-order valence-electron chi connectivity index (χ1n) is 17.5. The largest absolute Gasteiger partial charge is 0.456 e. The Labute approximate surface area is 303 Å². The molecule has 52 heavy (non-hydrogen) atoms. The van der Waals surface area contributed by atoms with Gasteiger partial charge in [0.2, 0.25) is 0 Å². The number of benzene rings is 8. The van der Waals surface area contributed by atoms with Crippen molar-refractivity contribution < 1.29 is 8.83 Å². The average Bonchev–Trinajstić information content (AvgIpc) is 3.90. The number of thiophene rings is 1. The van der Waals surface area contributed by atoms with Crippen LogP contribution in [0.5, 0.6) is 0 Å². The molecule has 4 heteroatoms. The third-order valence-corrected chi connectivity index (χ3v) is 11.5. The second-order valence-corrected chi connectivity index (χ2v) is 14.3. The molecular weight excluding hydrogens is 655 g/mol. The van der Waals surface area contributed by atoms with Crippen molar-refractivity contribution >= 4 is 92.4 Å². The van der Waals surface area contributed by atoms with Crippen molar-refractivity contribution in [1.82, 2.24) is 0 Å². The number of fused-ring (bicyclic) bond motifs is 10. The van der Waals surface area contributed by atoms with E-state index in [4.69, 9.17) is 8.83 Å². The fraction of sp³-hybridized carbons (Fsp3) is 0. The summed E-state index contributed by atoms with van der Waals surface area (Å²) in [7, 11) is 0. The second kappa shape index (κ2) is 11.5. The molecule has 0 aliphatic heterocycles. The number of furan rings is 2. The summed E-state index contributed by atoms with van der Waals surface area (Å²) in [5.74, 6) is 0. The van der Waals surface area contributed by atoms with E-state index in [9.17, 15) is 0 Å². The van der Waals surface area contributed by atoms with E-state index in [2.05, 4.69) is 163 Å². The first kappa shape index (κ1) is 29.1. The van der Waals surface area contributed by atoms with E-state index in [-0.39, 0.29) is 0 Å². The maximum atomic E-state index is 6.76. The lowest BCUT2D eigenvalue weighted by Gasteiger charge is -2.27. The third-order valence-electron chi connectivity index (χ3n) is 10.3. The fourth-order valence-electron chi connectivity index (χ4n) is 7.85. The highest BCUT2D eigenvalue weighted by molar-refractivity contribution is 7.26. The molecule has 0 saturated carbocycles. The smallest absolute Gasteiger partial charge is 0.149 e. The summed E-state index contributed by atoms with van der Waals surface area (Å²) in [6.45, 7) is 0. The van der Waals surface area contributed by atoms with E-state index in [0.29, 0.717) is 0 Å². The Morgan fingerprint density at radius 2 is 0.942 bits per heavy atom. The van der Waals surface area contributed by atoms with Gasteiger partial charge in [0.05, 0.1) is 26.8 Å². The number of hydrogen-bond donors (Lipinski definition) is 0. The molecule has 244 valence electrons. The van der Waals surface area contributed by atoms with Gasteiger partial charge in [-0.1, -0.05) is 133 Å². The van der Waals surface area contributed by atoms with Gasteiger partial charge in [-0.15, -0.1) is 11.3 Å². The van der Waals surface area contributed by atoms with Gasteiger partial charge in [0.15, 0.2) is 0 Å². The number of anilines is 3. The van der Waals surface area contributed by atoms with E-state index in [1.807, 2.05) is 29.5 Å². The minimum Gasteiger partial charge on any atom is -0.456 e. The minimum absolute atomic E-state index is 0.798. The molecule has 3 aromatic heterocycles. The molecule has 0 fully saturated rings. The van der Waals surface area contributed by atoms with Crippen molar-refractivity contribution in [2.24, 2.45) is 0 Å². The zero-order valence-corrected chi connectivity index (χ0v) is 28.7. The standard InChI is InChI=1S/C48H29NO2S/c1-2-11-30(12-3-1)31-21-23-32(24-22-31)33-25-27-34(28-26-33)49(39-17-10-16-36-35-13-6-9-20-44(35)52-48(36)39)40-29-43-46(38-15-5-7-18-41(38)50-43)47-45(40)37-14-4-8-19-42(37)51-47/h1-29H. The maximum Gasteiger partial charge on any atom is 0.149 e. The number of hydrogen-bond acceptors (Lipinski definition) is 4. The topological polar surface area (TPSA) is 29.5 Å². The van der Waals surface area contributed by atoms with Crippen LogP contribution in [0.2, 0.25) is 0 Å². The Morgan fingerprint density at radius 3 is 1.67 bits per heavy atom. The molecule has 3 nitrogen and oxygen atoms in total. The summed E-state index contributed by atoms with van der Waals surface area (Å²) in [5, 5.41) is 6.70. The molecular formula is C48H29NO2S. The summed E-state index contributed by atoms with van der Waals surface area (Å²) < 4.78 is 15.9. The van der Waals surface area contributed by atoms with Crippen LogP contribution in [0.25, 0.3) is 86.3 Å². The van der Waals surface area contributed by atoms with Gasteiger partial charge in [0.25, 0.3) is 0 Å². The Hall–Kier alpha value is -6.62. The second-order valence-electron chi connectivity index (χ2n) is 13.2. The minimum atomic E-state index is 0.798. The molecule has 0 aliphatic carbocycles. The fourth-order valence-corrected chi connectivity index (χ4v) is 9.06. The molecule has 3 heterocycles. The van der Waals surface area contributed by atoms with Crippen molar-refractivity contribution in [3.8, 4) is 22.3 Å². The summed E-state index contributed by atoms with van der Waals surface area (Å²) >= 11 is 1.84. The number of rotatable bonds is 5. The van der Waals surface area contributed by atoms with Crippen LogP contribution in [0.1, 0.15) is 0 Å². The Balaban J connectivity index is 1.16. The van der Waals surface area contributed by atoms with Crippen molar-refractivity contribution in [3.63, 3.8) is 0 Å². The monoisotopic (exact) mass is 683 g/mol. The molecule has 0 amide bonds. The highest BCUT2D eigenvalue weighted by Crippen LogP contribution is 2.51. The van der Waals surface area contributed by atoms with Gasteiger partial charge < -0.3 is 13.7 Å². The summed E-state index contributed by atoms with van der Waals surface area (Å²) in [6.07, 6.45) is 0. The van der Waals surface area contributed by atoms with E-state index in [0.717, 1.165) is 66.5 Å². The normalized spacial score (nSPS) is 11.8. The maximum absolute atomic E-state index is 6.76. The Morgan fingerprint density at radius 1 is 0.385 bits per heavy atom. The molecule has 0 unspecified atom stereocenters. The van der Waals surface area contributed by atoms with E-state index >= 15 is 0 Å². The van der Waals surface area contributed by atoms with Crippen LogP contribution in [0.15, 0.2) is 185 Å². The van der Waals surface area contributed by atoms with Gasteiger partial charge >= 0.3 is 0 Å². The van der Waals surface area contributed by atoms with Gasteiger partial charge in [-0.3, -0.25) is 0 Å². The van der Waals surface area contributed by atoms with Gasteiger partial charge in [-0.2, -0.15) is 0 Å². The predicted octanol–water partition coefficient (Wildman–Crippen LogP) is 14.7. The lowest BCUT2D eigenvalue weighted by Crippen LogP contribution is -2.10. The molecule has 0 bridgehead atoms. The molecule has 0 spiro atoms. The van der Waals surface area contributed by atoms with Gasteiger partial charge in [-0.25, -0.2) is 0 Å². The molecule has 0 radical (unpaired) electrons. The van der Waals surface area contributed by atoms with Crippen LogP contribution < -0.4 is 4.90 Å². The van der Waals surface area contributed by atoms with Crippen LogP contribution in [0.4, 0.5) is 17.1 Å². The first-order chi connectivity index (χ1) is 25.8. The first-order valence-corrected chi connectivity index (χ1v) is 18.3. The average molecular weight is 684 g/mol. The lowest BCUT2D eigenvalue weighted by atomic mass is 9.99.